The lowest BCUT2D eigenvalue weighted by molar-refractivity contribution is 0.863. The first kappa shape index (κ1) is 6.26. The maximum atomic E-state index is 4.72. The zero-order chi connectivity index (χ0) is 5.98. The van der Waals surface area contributed by atoms with Crippen LogP contribution < -0.4 is 5.32 Å². The second-order valence-electron chi connectivity index (χ2n) is 1.59. The third-order valence-electron chi connectivity index (χ3n) is 0.918. The highest BCUT2D eigenvalue weighted by Crippen LogP contribution is 2.22. The lowest BCUT2D eigenvalue weighted by Crippen LogP contribution is -2.19. The van der Waals surface area contributed by atoms with Gasteiger partial charge in [0.1, 0.15) is 0 Å². The van der Waals surface area contributed by atoms with E-state index < -0.39 is 0 Å². The number of thiocarbonyl (C=S) groups is 1. The van der Waals surface area contributed by atoms with Crippen LogP contribution in [-0.2, 0) is 0 Å². The Kier molecular flexibility index (Phi) is 2.05. The monoisotopic (exact) mass is 145 g/mol. The second-order valence-corrected chi connectivity index (χ2v) is 3.19. The van der Waals surface area contributed by atoms with Gasteiger partial charge in [-0.3, -0.25) is 5.32 Å². The number of hydrogen-bond donors (Lipinski definition) is 1. The first-order valence-corrected chi connectivity index (χ1v) is 3.71. The van der Waals surface area contributed by atoms with Crippen LogP contribution in [-0.4, -0.2) is 17.3 Å². The summed E-state index contributed by atoms with van der Waals surface area (Å²) in [7, 11) is 0. The van der Waals surface area contributed by atoms with E-state index in [9.17, 15) is 0 Å². The van der Waals surface area contributed by atoms with Gasteiger partial charge in [-0.25, -0.2) is 0 Å². The zero-order valence-electron chi connectivity index (χ0n) is 4.39. The fourth-order valence-electron chi connectivity index (χ4n) is 0.553. The predicted octanol–water partition coefficient (Wildman–Crippen LogP) is 1.16. The summed E-state index contributed by atoms with van der Waals surface area (Å²) < 4.78 is 0. The van der Waals surface area contributed by atoms with E-state index in [1.807, 2.05) is 0 Å². The average Bonchev–Trinajstić information content (AvgIpc) is 2.14. The highest BCUT2D eigenvalue weighted by Gasteiger charge is 2.13. The first-order chi connectivity index (χ1) is 3.83. The first-order valence-electron chi connectivity index (χ1n) is 2.36. The number of rotatable bonds is 1. The van der Waals surface area contributed by atoms with Crippen molar-refractivity contribution in [3.05, 3.63) is 11.5 Å². The molecule has 44 valence electrons. The molecule has 1 nitrogen and oxygen atoms in total. The van der Waals surface area contributed by atoms with E-state index in [1.165, 1.54) is 4.91 Å². The minimum absolute atomic E-state index is 0.331. The third-order valence-corrected chi connectivity index (χ3v) is 2.40. The Morgan fingerprint density at radius 2 is 2.75 bits per heavy atom. The molecule has 1 atom stereocenters. The SMILES string of the molecule is C=C1CNC(C=S)S1. The summed E-state index contributed by atoms with van der Waals surface area (Å²) in [5.74, 6) is 0. The molecule has 0 spiro atoms. The fraction of sp³-hybridized carbons (Fsp3) is 0.400. The van der Waals surface area contributed by atoms with Crippen LogP contribution in [0.2, 0.25) is 0 Å². The summed E-state index contributed by atoms with van der Waals surface area (Å²) in [6, 6.07) is 0. The van der Waals surface area contributed by atoms with Crippen molar-refractivity contribution < 1.29 is 0 Å². The summed E-state index contributed by atoms with van der Waals surface area (Å²) in [5.41, 5.74) is 0. The molecule has 0 aromatic carbocycles. The number of nitrogens with one attached hydrogen (secondary N) is 1. The maximum Gasteiger partial charge on any atom is 0.0868 e. The van der Waals surface area contributed by atoms with E-state index in [4.69, 9.17) is 12.2 Å². The molecule has 3 heteroatoms. The van der Waals surface area contributed by atoms with Crippen molar-refractivity contribution in [1.82, 2.24) is 5.32 Å². The van der Waals surface area contributed by atoms with Gasteiger partial charge in [-0.05, 0) is 4.91 Å². The van der Waals surface area contributed by atoms with Crippen LogP contribution in [0.25, 0.3) is 0 Å². The van der Waals surface area contributed by atoms with Gasteiger partial charge in [0.05, 0.1) is 5.37 Å². The number of hydrogen-bond acceptors (Lipinski definition) is 3. The third kappa shape index (κ3) is 1.31. The summed E-state index contributed by atoms with van der Waals surface area (Å²) >= 11 is 6.42. The van der Waals surface area contributed by atoms with Crippen LogP contribution in [0.5, 0.6) is 0 Å². The normalized spacial score (nSPS) is 28.5. The molecule has 0 aliphatic carbocycles. The van der Waals surface area contributed by atoms with Gasteiger partial charge >= 0.3 is 0 Å². The Balaban J connectivity index is 2.43. The van der Waals surface area contributed by atoms with Crippen molar-refractivity contribution in [2.24, 2.45) is 0 Å². The fourth-order valence-corrected chi connectivity index (χ4v) is 1.56. The van der Waals surface area contributed by atoms with Crippen molar-refractivity contribution in [1.29, 1.82) is 0 Å². The van der Waals surface area contributed by atoms with Crippen LogP contribution in [0.4, 0.5) is 0 Å². The van der Waals surface area contributed by atoms with Gasteiger partial charge in [-0.2, -0.15) is 0 Å². The summed E-state index contributed by atoms with van der Waals surface area (Å²) in [5, 5.41) is 5.22. The molecule has 0 saturated carbocycles. The molecule has 1 unspecified atom stereocenters. The van der Waals surface area contributed by atoms with Crippen molar-refractivity contribution in [2.45, 2.75) is 5.37 Å². The van der Waals surface area contributed by atoms with Gasteiger partial charge < -0.3 is 0 Å². The molecule has 1 heterocycles. The lowest BCUT2D eigenvalue weighted by atomic mass is 10.6. The largest absolute Gasteiger partial charge is 0.297 e. The van der Waals surface area contributed by atoms with Crippen molar-refractivity contribution in [3.8, 4) is 0 Å². The van der Waals surface area contributed by atoms with Crippen molar-refractivity contribution >= 4 is 29.3 Å². The van der Waals surface area contributed by atoms with E-state index in [1.54, 1.807) is 17.1 Å². The molecule has 1 aliphatic rings. The minimum atomic E-state index is 0.331. The second kappa shape index (κ2) is 2.62. The Morgan fingerprint density at radius 3 is 3.00 bits per heavy atom. The van der Waals surface area contributed by atoms with E-state index >= 15 is 0 Å². The zero-order valence-corrected chi connectivity index (χ0v) is 6.02. The van der Waals surface area contributed by atoms with E-state index in [2.05, 4.69) is 11.9 Å². The van der Waals surface area contributed by atoms with Crippen molar-refractivity contribution in [3.63, 3.8) is 0 Å². The van der Waals surface area contributed by atoms with Gasteiger partial charge in [-0.1, -0.05) is 18.8 Å². The quantitative estimate of drug-likeness (QED) is 0.556. The molecule has 0 aromatic heterocycles. The molecular weight excluding hydrogens is 138 g/mol. The Labute approximate surface area is 58.5 Å². The minimum Gasteiger partial charge on any atom is -0.297 e. The number of thioether (sulfide) groups is 1. The van der Waals surface area contributed by atoms with Gasteiger partial charge in [0, 0.05) is 11.9 Å². The van der Waals surface area contributed by atoms with E-state index in [-0.39, 0.29) is 0 Å². The molecule has 1 rings (SSSR count). The summed E-state index contributed by atoms with van der Waals surface area (Å²) in [4.78, 5) is 1.18. The van der Waals surface area contributed by atoms with Crippen LogP contribution in [0.3, 0.4) is 0 Å². The van der Waals surface area contributed by atoms with Crippen LogP contribution in [0.15, 0.2) is 11.5 Å². The predicted molar refractivity (Wildman–Crippen MR) is 42.2 cm³/mol. The maximum absolute atomic E-state index is 4.72. The van der Waals surface area contributed by atoms with E-state index in [0.717, 1.165) is 6.54 Å². The van der Waals surface area contributed by atoms with Crippen LogP contribution in [0.1, 0.15) is 0 Å². The van der Waals surface area contributed by atoms with Gasteiger partial charge in [0.15, 0.2) is 0 Å². The molecule has 0 aromatic rings. The summed E-state index contributed by atoms with van der Waals surface area (Å²) in [6.45, 7) is 4.69. The molecular formula is C5H7NS2. The van der Waals surface area contributed by atoms with Gasteiger partial charge in [0.25, 0.3) is 0 Å². The van der Waals surface area contributed by atoms with Gasteiger partial charge in [-0.15, -0.1) is 11.8 Å². The van der Waals surface area contributed by atoms with E-state index in [0.29, 0.717) is 5.37 Å². The molecule has 0 bridgehead atoms. The standard InChI is InChI=1S/C5H7NS2/c1-4-2-6-5(3-7)8-4/h3,5-6H,1-2H2. The molecule has 0 amide bonds. The Hall–Kier alpha value is 0.140. The van der Waals surface area contributed by atoms with Gasteiger partial charge in [0.2, 0.25) is 0 Å². The molecule has 1 saturated heterocycles. The lowest BCUT2D eigenvalue weighted by Gasteiger charge is -1.95. The molecule has 1 aliphatic heterocycles. The van der Waals surface area contributed by atoms with Crippen molar-refractivity contribution in [2.75, 3.05) is 6.54 Å². The smallest absolute Gasteiger partial charge is 0.0868 e. The molecule has 1 fully saturated rings. The topological polar surface area (TPSA) is 12.0 Å². The summed E-state index contributed by atoms with van der Waals surface area (Å²) in [6.07, 6.45) is 0. The Morgan fingerprint density at radius 1 is 2.00 bits per heavy atom. The molecule has 1 N–H and O–H groups in total. The Bertz CT molecular complexity index is 122. The average molecular weight is 145 g/mol. The highest BCUT2D eigenvalue weighted by atomic mass is 32.2. The molecule has 0 radical (unpaired) electrons. The molecule has 8 heavy (non-hydrogen) atoms. The highest BCUT2D eigenvalue weighted by molar-refractivity contribution is 8.05. The van der Waals surface area contributed by atoms with Crippen LogP contribution >= 0.6 is 24.0 Å². The van der Waals surface area contributed by atoms with Crippen LogP contribution in [0, 0.1) is 0 Å².